The van der Waals surface area contributed by atoms with Gasteiger partial charge in [0.25, 0.3) is 0 Å². The molecule has 0 aliphatic heterocycles. The lowest BCUT2D eigenvalue weighted by Gasteiger charge is -2.12. The standard InChI is InChI=1S/C16H23N5O3S.HI/c1-17-16(19-12-13-8-9-20-21(13)2)18-10-11-24-14-4-6-15(7-5-14)25(3,22)23;/h4-9H,10-12H2,1-3H3,(H2,17,18,19);1H. The topological polar surface area (TPSA) is 97.6 Å². The van der Waals surface area contributed by atoms with Gasteiger partial charge in [0.05, 0.1) is 23.7 Å². The Morgan fingerprint density at radius 2 is 1.92 bits per heavy atom. The number of ether oxygens (including phenoxy) is 1. The second-order valence-corrected chi connectivity index (χ2v) is 7.41. The molecule has 26 heavy (non-hydrogen) atoms. The third kappa shape index (κ3) is 6.83. The number of hydrogen-bond donors (Lipinski definition) is 2. The summed E-state index contributed by atoms with van der Waals surface area (Å²) in [5, 5.41) is 10.4. The molecular formula is C16H24IN5O3S. The number of benzene rings is 1. The first-order chi connectivity index (χ1) is 11.9. The second-order valence-electron chi connectivity index (χ2n) is 5.39. The van der Waals surface area contributed by atoms with Crippen molar-refractivity contribution in [1.29, 1.82) is 0 Å². The molecule has 1 aromatic carbocycles. The number of nitrogens with one attached hydrogen (secondary N) is 2. The zero-order valence-corrected chi connectivity index (χ0v) is 18.1. The quantitative estimate of drug-likeness (QED) is 0.260. The number of hydrogen-bond acceptors (Lipinski definition) is 5. The highest BCUT2D eigenvalue weighted by molar-refractivity contribution is 14.0. The molecule has 0 radical (unpaired) electrons. The molecule has 0 saturated heterocycles. The van der Waals surface area contributed by atoms with Crippen molar-refractivity contribution in [2.75, 3.05) is 26.5 Å². The zero-order valence-electron chi connectivity index (χ0n) is 15.0. The first-order valence-electron chi connectivity index (χ1n) is 7.74. The Labute approximate surface area is 171 Å². The van der Waals surface area contributed by atoms with E-state index in [1.165, 1.54) is 18.4 Å². The van der Waals surface area contributed by atoms with Crippen LogP contribution in [0.15, 0.2) is 46.4 Å². The molecule has 0 aliphatic rings. The number of rotatable bonds is 7. The van der Waals surface area contributed by atoms with Gasteiger partial charge < -0.3 is 15.4 Å². The molecule has 0 fully saturated rings. The highest BCUT2D eigenvalue weighted by Gasteiger charge is 2.06. The van der Waals surface area contributed by atoms with E-state index in [0.717, 1.165) is 5.69 Å². The van der Waals surface area contributed by atoms with Gasteiger partial charge in [-0.3, -0.25) is 9.67 Å². The molecule has 0 aliphatic carbocycles. The number of halogens is 1. The summed E-state index contributed by atoms with van der Waals surface area (Å²) < 4.78 is 30.2. The van der Waals surface area contributed by atoms with Gasteiger partial charge in [-0.2, -0.15) is 5.10 Å². The molecule has 0 unspecified atom stereocenters. The fourth-order valence-corrected chi connectivity index (χ4v) is 2.72. The third-order valence-electron chi connectivity index (χ3n) is 3.50. The summed E-state index contributed by atoms with van der Waals surface area (Å²) in [4.78, 5) is 4.42. The Morgan fingerprint density at radius 3 is 2.46 bits per heavy atom. The zero-order chi connectivity index (χ0) is 18.3. The molecular weight excluding hydrogens is 469 g/mol. The lowest BCUT2D eigenvalue weighted by Crippen LogP contribution is -2.39. The Kier molecular flexibility index (Phi) is 8.85. The first kappa shape index (κ1) is 22.2. The lowest BCUT2D eigenvalue weighted by molar-refractivity contribution is 0.321. The fraction of sp³-hybridized carbons (Fsp3) is 0.375. The minimum absolute atomic E-state index is 0. The predicted molar refractivity (Wildman–Crippen MR) is 112 cm³/mol. The third-order valence-corrected chi connectivity index (χ3v) is 4.63. The molecule has 1 aromatic heterocycles. The van der Waals surface area contributed by atoms with E-state index in [9.17, 15) is 8.42 Å². The second kappa shape index (κ2) is 10.4. The summed E-state index contributed by atoms with van der Waals surface area (Å²) in [6.45, 7) is 1.59. The molecule has 8 nitrogen and oxygen atoms in total. The largest absolute Gasteiger partial charge is 0.492 e. The highest BCUT2D eigenvalue weighted by atomic mass is 127. The van der Waals surface area contributed by atoms with Crippen molar-refractivity contribution in [3.63, 3.8) is 0 Å². The van der Waals surface area contributed by atoms with Gasteiger partial charge in [0, 0.05) is 26.5 Å². The van der Waals surface area contributed by atoms with Crippen molar-refractivity contribution in [1.82, 2.24) is 20.4 Å². The molecule has 0 bridgehead atoms. The van der Waals surface area contributed by atoms with Crippen LogP contribution in [0.5, 0.6) is 5.75 Å². The van der Waals surface area contributed by atoms with Gasteiger partial charge in [-0.15, -0.1) is 24.0 Å². The van der Waals surface area contributed by atoms with Gasteiger partial charge in [0.2, 0.25) is 0 Å². The van der Waals surface area contributed by atoms with E-state index < -0.39 is 9.84 Å². The van der Waals surface area contributed by atoms with Gasteiger partial charge in [-0.05, 0) is 30.3 Å². The molecule has 0 spiro atoms. The Bertz CT molecular complexity index is 819. The van der Waals surface area contributed by atoms with Crippen molar-refractivity contribution in [3.8, 4) is 5.75 Å². The molecule has 2 N–H and O–H groups in total. The van der Waals surface area contributed by atoms with E-state index in [0.29, 0.717) is 31.4 Å². The Morgan fingerprint density at radius 1 is 1.23 bits per heavy atom. The maximum Gasteiger partial charge on any atom is 0.191 e. The van der Waals surface area contributed by atoms with Crippen molar-refractivity contribution in [2.45, 2.75) is 11.4 Å². The van der Waals surface area contributed by atoms with E-state index >= 15 is 0 Å². The number of sulfone groups is 1. The van der Waals surface area contributed by atoms with E-state index in [-0.39, 0.29) is 28.9 Å². The first-order valence-corrected chi connectivity index (χ1v) is 9.63. The Balaban J connectivity index is 0.00000338. The van der Waals surface area contributed by atoms with Crippen LogP contribution in [0.4, 0.5) is 0 Å². The van der Waals surface area contributed by atoms with Crippen LogP contribution in [0.25, 0.3) is 0 Å². The summed E-state index contributed by atoms with van der Waals surface area (Å²) in [5.41, 5.74) is 1.05. The molecule has 10 heteroatoms. The summed E-state index contributed by atoms with van der Waals surface area (Å²) in [6.07, 6.45) is 2.92. The average Bonchev–Trinajstić information content (AvgIpc) is 2.99. The number of aromatic nitrogens is 2. The van der Waals surface area contributed by atoms with Gasteiger partial charge in [0.15, 0.2) is 15.8 Å². The van der Waals surface area contributed by atoms with Crippen molar-refractivity contribution >= 4 is 39.8 Å². The van der Waals surface area contributed by atoms with E-state index in [4.69, 9.17) is 4.74 Å². The highest BCUT2D eigenvalue weighted by Crippen LogP contribution is 2.15. The van der Waals surface area contributed by atoms with Crippen LogP contribution in [0.2, 0.25) is 0 Å². The number of nitrogens with zero attached hydrogens (tertiary/aromatic N) is 3. The predicted octanol–water partition coefficient (Wildman–Crippen LogP) is 1.19. The number of aryl methyl sites for hydroxylation is 1. The summed E-state index contributed by atoms with van der Waals surface area (Å²) in [6, 6.07) is 8.29. The Hall–Kier alpha value is -1.82. The molecule has 2 aromatic rings. The molecule has 1 heterocycles. The summed E-state index contributed by atoms with van der Waals surface area (Å²) >= 11 is 0. The lowest BCUT2D eigenvalue weighted by atomic mass is 10.3. The van der Waals surface area contributed by atoms with E-state index in [1.54, 1.807) is 30.1 Å². The van der Waals surface area contributed by atoms with Crippen LogP contribution in [-0.4, -0.2) is 50.6 Å². The molecule has 144 valence electrons. The van der Waals surface area contributed by atoms with E-state index in [2.05, 4.69) is 20.7 Å². The van der Waals surface area contributed by atoms with Crippen LogP contribution in [-0.2, 0) is 23.4 Å². The van der Waals surface area contributed by atoms with Crippen LogP contribution in [0.1, 0.15) is 5.69 Å². The van der Waals surface area contributed by atoms with Gasteiger partial charge in [-0.25, -0.2) is 8.42 Å². The van der Waals surface area contributed by atoms with Crippen LogP contribution < -0.4 is 15.4 Å². The fourth-order valence-electron chi connectivity index (χ4n) is 2.09. The maximum atomic E-state index is 11.4. The SMILES string of the molecule is CN=C(NCCOc1ccc(S(C)(=O)=O)cc1)NCc1ccnn1C.I. The molecule has 0 saturated carbocycles. The molecule has 0 amide bonds. The number of aliphatic imine (C=N–C) groups is 1. The monoisotopic (exact) mass is 493 g/mol. The van der Waals surface area contributed by atoms with Gasteiger partial charge in [0.1, 0.15) is 12.4 Å². The summed E-state index contributed by atoms with van der Waals surface area (Å²) in [5.74, 6) is 1.28. The minimum Gasteiger partial charge on any atom is -0.492 e. The number of guanidine groups is 1. The molecule has 0 atom stereocenters. The van der Waals surface area contributed by atoms with Crippen LogP contribution in [0.3, 0.4) is 0 Å². The van der Waals surface area contributed by atoms with E-state index in [1.807, 2.05) is 13.1 Å². The molecule has 2 rings (SSSR count). The minimum atomic E-state index is -3.19. The van der Waals surface area contributed by atoms with Crippen molar-refractivity contribution in [3.05, 3.63) is 42.2 Å². The van der Waals surface area contributed by atoms with Gasteiger partial charge in [-0.1, -0.05) is 0 Å². The average molecular weight is 493 g/mol. The summed E-state index contributed by atoms with van der Waals surface area (Å²) in [7, 11) is 0.397. The smallest absolute Gasteiger partial charge is 0.191 e. The van der Waals surface area contributed by atoms with Crippen molar-refractivity contribution in [2.24, 2.45) is 12.0 Å². The van der Waals surface area contributed by atoms with Crippen LogP contribution >= 0.6 is 24.0 Å². The van der Waals surface area contributed by atoms with Crippen LogP contribution in [0, 0.1) is 0 Å². The van der Waals surface area contributed by atoms with Crippen molar-refractivity contribution < 1.29 is 13.2 Å². The van der Waals surface area contributed by atoms with Gasteiger partial charge >= 0.3 is 0 Å². The maximum absolute atomic E-state index is 11.4. The normalized spacial score (nSPS) is 11.6.